The molecule has 0 amide bonds. The Bertz CT molecular complexity index is 498. The van der Waals surface area contributed by atoms with Gasteiger partial charge in [0.2, 0.25) is 0 Å². The van der Waals surface area contributed by atoms with Crippen molar-refractivity contribution >= 4 is 29.6 Å². The number of furan rings is 1. The van der Waals surface area contributed by atoms with Gasteiger partial charge in [0.05, 0.1) is 12.6 Å². The molecular formula is C11H14N2O7S. The van der Waals surface area contributed by atoms with Crippen LogP contribution in [0.5, 0.6) is 0 Å². The van der Waals surface area contributed by atoms with E-state index in [4.69, 9.17) is 24.2 Å². The van der Waals surface area contributed by atoms with E-state index in [1.54, 1.807) is 6.07 Å². The Morgan fingerprint density at radius 2 is 1.86 bits per heavy atom. The lowest BCUT2D eigenvalue weighted by Crippen LogP contribution is -2.31. The molecule has 116 valence electrons. The SMILES string of the molecule is O=C(O)C(=O)O.O=[N+]([O-])c1ccc(CN2CCSCC2)o1. The third kappa shape index (κ3) is 6.27. The molecule has 0 aromatic carbocycles. The van der Waals surface area contributed by atoms with E-state index < -0.39 is 16.9 Å². The van der Waals surface area contributed by atoms with Crippen LogP contribution < -0.4 is 0 Å². The number of nitrogens with zero attached hydrogens (tertiary/aromatic N) is 2. The zero-order valence-corrected chi connectivity index (χ0v) is 11.7. The van der Waals surface area contributed by atoms with E-state index >= 15 is 0 Å². The fraction of sp³-hybridized carbons (Fsp3) is 0.455. The maximum Gasteiger partial charge on any atom is 0.433 e. The van der Waals surface area contributed by atoms with Crippen molar-refractivity contribution in [1.29, 1.82) is 0 Å². The molecule has 1 saturated heterocycles. The molecule has 1 fully saturated rings. The monoisotopic (exact) mass is 318 g/mol. The molecule has 21 heavy (non-hydrogen) atoms. The Morgan fingerprint density at radius 1 is 1.29 bits per heavy atom. The van der Waals surface area contributed by atoms with Crippen molar-refractivity contribution in [3.05, 3.63) is 28.0 Å². The first-order valence-electron chi connectivity index (χ1n) is 5.89. The van der Waals surface area contributed by atoms with Crippen molar-refractivity contribution in [3.8, 4) is 0 Å². The fourth-order valence-corrected chi connectivity index (χ4v) is 2.51. The second kappa shape index (κ2) is 8.27. The number of carbonyl (C=O) groups is 2. The van der Waals surface area contributed by atoms with E-state index in [1.165, 1.54) is 6.07 Å². The molecule has 0 unspecified atom stereocenters. The highest BCUT2D eigenvalue weighted by molar-refractivity contribution is 7.99. The van der Waals surface area contributed by atoms with E-state index in [-0.39, 0.29) is 5.88 Å². The molecule has 1 aliphatic rings. The summed E-state index contributed by atoms with van der Waals surface area (Å²) in [5, 5.41) is 25.2. The van der Waals surface area contributed by atoms with Gasteiger partial charge in [-0.2, -0.15) is 11.8 Å². The van der Waals surface area contributed by atoms with E-state index in [1.807, 2.05) is 11.8 Å². The average molecular weight is 318 g/mol. The summed E-state index contributed by atoms with van der Waals surface area (Å²) < 4.78 is 5.10. The summed E-state index contributed by atoms with van der Waals surface area (Å²) in [6.07, 6.45) is 0. The van der Waals surface area contributed by atoms with Gasteiger partial charge in [0.25, 0.3) is 0 Å². The Hall–Kier alpha value is -2.07. The first kappa shape index (κ1) is 17.0. The predicted molar refractivity (Wildman–Crippen MR) is 73.2 cm³/mol. The van der Waals surface area contributed by atoms with E-state index in [9.17, 15) is 10.1 Å². The van der Waals surface area contributed by atoms with Gasteiger partial charge >= 0.3 is 17.8 Å². The molecule has 0 atom stereocenters. The highest BCUT2D eigenvalue weighted by Crippen LogP contribution is 2.18. The van der Waals surface area contributed by atoms with Gasteiger partial charge < -0.3 is 14.6 Å². The van der Waals surface area contributed by atoms with Crippen molar-refractivity contribution in [1.82, 2.24) is 4.90 Å². The molecule has 0 saturated carbocycles. The van der Waals surface area contributed by atoms with Gasteiger partial charge in [-0.25, -0.2) is 9.59 Å². The minimum Gasteiger partial charge on any atom is -0.473 e. The minimum atomic E-state index is -1.82. The van der Waals surface area contributed by atoms with Crippen molar-refractivity contribution in [3.63, 3.8) is 0 Å². The molecule has 0 spiro atoms. The number of thioether (sulfide) groups is 1. The third-order valence-corrected chi connectivity index (χ3v) is 3.44. The van der Waals surface area contributed by atoms with Crippen LogP contribution in [0.1, 0.15) is 5.76 Å². The topological polar surface area (TPSA) is 134 Å². The largest absolute Gasteiger partial charge is 0.473 e. The van der Waals surface area contributed by atoms with Gasteiger partial charge in [0.15, 0.2) is 0 Å². The highest BCUT2D eigenvalue weighted by atomic mass is 32.2. The Balaban J connectivity index is 0.000000315. The molecule has 0 radical (unpaired) electrons. The number of aliphatic carboxylic acids is 2. The van der Waals surface area contributed by atoms with Crippen LogP contribution in [0, 0.1) is 10.1 Å². The highest BCUT2D eigenvalue weighted by Gasteiger charge is 2.16. The summed E-state index contributed by atoms with van der Waals surface area (Å²) in [7, 11) is 0. The van der Waals surface area contributed by atoms with Crippen molar-refractivity contribution in [2.75, 3.05) is 24.6 Å². The van der Waals surface area contributed by atoms with Crippen LogP contribution in [0.2, 0.25) is 0 Å². The van der Waals surface area contributed by atoms with Crippen LogP contribution in [0.4, 0.5) is 5.88 Å². The number of rotatable bonds is 3. The van der Waals surface area contributed by atoms with Crippen LogP contribution in [0.25, 0.3) is 0 Å². The van der Waals surface area contributed by atoms with Crippen LogP contribution in [0.3, 0.4) is 0 Å². The average Bonchev–Trinajstić information content (AvgIpc) is 2.89. The summed E-state index contributed by atoms with van der Waals surface area (Å²) in [6.45, 7) is 2.73. The first-order chi connectivity index (χ1) is 9.90. The summed E-state index contributed by atoms with van der Waals surface area (Å²) in [5.41, 5.74) is 0. The van der Waals surface area contributed by atoms with Gasteiger partial charge in [-0.3, -0.25) is 15.0 Å². The van der Waals surface area contributed by atoms with Gasteiger partial charge in [-0.05, 0) is 6.07 Å². The van der Waals surface area contributed by atoms with Crippen LogP contribution in [-0.4, -0.2) is 56.6 Å². The van der Waals surface area contributed by atoms with Crippen LogP contribution in [0.15, 0.2) is 16.5 Å². The van der Waals surface area contributed by atoms with E-state index in [0.29, 0.717) is 12.3 Å². The molecule has 1 aromatic rings. The van der Waals surface area contributed by atoms with Gasteiger partial charge in [0, 0.05) is 24.6 Å². The maximum atomic E-state index is 10.4. The molecule has 1 aliphatic heterocycles. The summed E-state index contributed by atoms with van der Waals surface area (Å²) >= 11 is 1.94. The zero-order chi connectivity index (χ0) is 15.8. The summed E-state index contributed by atoms with van der Waals surface area (Å²) in [5.74, 6) is -0.888. The molecule has 0 bridgehead atoms. The van der Waals surface area contributed by atoms with E-state index in [0.717, 1.165) is 24.6 Å². The van der Waals surface area contributed by atoms with Gasteiger partial charge in [0.1, 0.15) is 10.7 Å². The number of carboxylic acids is 2. The van der Waals surface area contributed by atoms with Crippen LogP contribution in [-0.2, 0) is 16.1 Å². The molecule has 2 N–H and O–H groups in total. The molecule has 2 rings (SSSR count). The molecule has 2 heterocycles. The Morgan fingerprint density at radius 3 is 2.29 bits per heavy atom. The smallest absolute Gasteiger partial charge is 0.433 e. The third-order valence-electron chi connectivity index (χ3n) is 2.49. The summed E-state index contributed by atoms with van der Waals surface area (Å²) in [4.78, 5) is 30.3. The fourth-order valence-electron chi connectivity index (χ4n) is 1.53. The second-order valence-electron chi connectivity index (χ2n) is 4.00. The second-order valence-corrected chi connectivity index (χ2v) is 5.22. The normalized spacial score (nSPS) is 14.9. The zero-order valence-electron chi connectivity index (χ0n) is 10.9. The first-order valence-corrected chi connectivity index (χ1v) is 7.05. The lowest BCUT2D eigenvalue weighted by molar-refractivity contribution is -0.402. The minimum absolute atomic E-state index is 0.170. The number of hydrogen-bond donors (Lipinski definition) is 2. The lowest BCUT2D eigenvalue weighted by Gasteiger charge is -2.24. The molecule has 1 aromatic heterocycles. The Kier molecular flexibility index (Phi) is 6.69. The molecule has 9 nitrogen and oxygen atoms in total. The van der Waals surface area contributed by atoms with Crippen LogP contribution >= 0.6 is 11.8 Å². The van der Waals surface area contributed by atoms with Crippen molar-refractivity contribution < 1.29 is 29.1 Å². The van der Waals surface area contributed by atoms with Gasteiger partial charge in [-0.15, -0.1) is 0 Å². The Labute approximate surface area is 123 Å². The molecule has 0 aliphatic carbocycles. The lowest BCUT2D eigenvalue weighted by atomic mass is 10.4. The predicted octanol–water partition coefficient (Wildman–Crippen LogP) is 0.892. The van der Waals surface area contributed by atoms with E-state index in [2.05, 4.69) is 4.90 Å². The van der Waals surface area contributed by atoms with Crippen molar-refractivity contribution in [2.45, 2.75) is 6.54 Å². The number of carboxylic acid groups (broad SMARTS) is 2. The summed E-state index contributed by atoms with van der Waals surface area (Å²) in [6, 6.07) is 3.09. The number of nitro groups is 1. The van der Waals surface area contributed by atoms with Gasteiger partial charge in [-0.1, -0.05) is 0 Å². The number of hydrogen-bond acceptors (Lipinski definition) is 7. The quantitative estimate of drug-likeness (QED) is 0.473. The maximum absolute atomic E-state index is 10.4. The standard InChI is InChI=1S/C9H12N2O3S.C2H2O4/c12-11(13)9-2-1-8(14-9)7-10-3-5-15-6-4-10;3-1(4)2(5)6/h1-2H,3-7H2;(H,3,4)(H,5,6). The van der Waals surface area contributed by atoms with Crippen molar-refractivity contribution in [2.24, 2.45) is 0 Å². The molecular weight excluding hydrogens is 304 g/mol. The molecule has 10 heteroatoms.